The lowest BCUT2D eigenvalue weighted by Crippen LogP contribution is -2.55. The van der Waals surface area contributed by atoms with E-state index >= 15 is 8.78 Å². The number of rotatable bonds is 3. The zero-order valence-corrected chi connectivity index (χ0v) is 28.0. The highest BCUT2D eigenvalue weighted by Gasteiger charge is 2.33. The molecule has 46 heavy (non-hydrogen) atoms. The second-order valence-corrected chi connectivity index (χ2v) is 14.4. The maximum absolute atomic E-state index is 16.5. The van der Waals surface area contributed by atoms with Crippen LogP contribution in [0.4, 0.5) is 29.2 Å². The van der Waals surface area contributed by atoms with Crippen molar-refractivity contribution in [1.82, 2.24) is 14.9 Å². The van der Waals surface area contributed by atoms with E-state index < -0.39 is 35.0 Å². The normalized spacial score (nSPS) is 15.6. The zero-order valence-electron chi connectivity index (χ0n) is 26.4. The van der Waals surface area contributed by atoms with Crippen LogP contribution in [0.5, 0.6) is 0 Å². The van der Waals surface area contributed by atoms with Crippen molar-refractivity contribution in [2.45, 2.75) is 65.7 Å². The van der Waals surface area contributed by atoms with Gasteiger partial charge in [0.2, 0.25) is 0 Å². The molecule has 0 aliphatic carbocycles. The van der Waals surface area contributed by atoms with Crippen LogP contribution in [0.3, 0.4) is 0 Å². The molecule has 0 saturated carbocycles. The van der Waals surface area contributed by atoms with Gasteiger partial charge in [0.15, 0.2) is 5.82 Å². The van der Waals surface area contributed by atoms with E-state index in [1.807, 2.05) is 38.7 Å². The topological polar surface area (TPSA) is 121 Å². The molecule has 1 aliphatic heterocycles. The monoisotopic (exact) mass is 670 g/mol. The fourth-order valence-electron chi connectivity index (χ4n) is 5.33. The summed E-state index contributed by atoms with van der Waals surface area (Å²) in [7, 11) is 0. The van der Waals surface area contributed by atoms with Crippen molar-refractivity contribution in [2.75, 3.05) is 29.9 Å². The van der Waals surface area contributed by atoms with Crippen molar-refractivity contribution in [1.29, 1.82) is 5.26 Å². The van der Waals surface area contributed by atoms with Gasteiger partial charge in [-0.2, -0.15) is 5.26 Å². The molecule has 0 spiro atoms. The van der Waals surface area contributed by atoms with Crippen LogP contribution in [-0.2, 0) is 9.47 Å². The molecule has 1 N–H and O–H groups in total. The van der Waals surface area contributed by atoms with Crippen LogP contribution in [0.25, 0.3) is 32.1 Å². The molecule has 1 atom stereocenters. The lowest BCUT2D eigenvalue weighted by atomic mass is 9.97. The van der Waals surface area contributed by atoms with Crippen LogP contribution >= 0.6 is 22.9 Å². The van der Waals surface area contributed by atoms with E-state index in [9.17, 15) is 14.9 Å². The van der Waals surface area contributed by atoms with E-state index in [1.54, 1.807) is 31.7 Å². The Bertz CT molecular complexity index is 1910. The van der Waals surface area contributed by atoms with E-state index in [0.29, 0.717) is 30.8 Å². The number of aromatic nitrogens is 2. The first kappa shape index (κ1) is 33.1. The number of carbonyl (C=O) groups is 2. The molecule has 1 aliphatic rings. The summed E-state index contributed by atoms with van der Waals surface area (Å²) in [5.74, 6) is -0.996. The Labute approximate surface area is 273 Å². The van der Waals surface area contributed by atoms with Crippen LogP contribution in [0.1, 0.15) is 54.0 Å². The molecule has 2 aromatic heterocycles. The van der Waals surface area contributed by atoms with Gasteiger partial charge in [-0.3, -0.25) is 5.32 Å². The standard InChI is InChI=1S/C32H33ClF2N6O4S/c1-16-14-40(10-11-41(16)30(43)45-32(5,6)7)27-18-12-20(33)23(24(35)25(18)37-15-38-27)17-8-9-21(34)26-22(17)19(13-36)28(46-26)39-29(42)44-31(2,3)4/h8-9,12,15-16H,10-11,14H2,1-7H3,(H,39,42)/t16-/m0/s1. The third-order valence-corrected chi connectivity index (χ3v) is 8.55. The van der Waals surface area contributed by atoms with Crippen molar-refractivity contribution < 1.29 is 27.8 Å². The van der Waals surface area contributed by atoms with Gasteiger partial charge < -0.3 is 19.3 Å². The van der Waals surface area contributed by atoms with Gasteiger partial charge >= 0.3 is 12.2 Å². The highest BCUT2D eigenvalue weighted by atomic mass is 35.5. The quantitative estimate of drug-likeness (QED) is 0.232. The summed E-state index contributed by atoms with van der Waals surface area (Å²) in [4.78, 5) is 37.5. The number of anilines is 2. The number of amides is 2. The fourth-order valence-corrected chi connectivity index (χ4v) is 6.69. The molecule has 1 saturated heterocycles. The summed E-state index contributed by atoms with van der Waals surface area (Å²) < 4.78 is 42.5. The molecule has 0 radical (unpaired) electrons. The molecule has 3 heterocycles. The summed E-state index contributed by atoms with van der Waals surface area (Å²) in [6, 6.07) is 5.84. The van der Waals surface area contributed by atoms with Gasteiger partial charge in [0.05, 0.1) is 15.3 Å². The van der Waals surface area contributed by atoms with Gasteiger partial charge in [-0.1, -0.05) is 17.7 Å². The molecule has 2 amide bonds. The van der Waals surface area contributed by atoms with Crippen LogP contribution in [-0.4, -0.2) is 63.9 Å². The van der Waals surface area contributed by atoms with Crippen LogP contribution in [0.15, 0.2) is 24.5 Å². The highest BCUT2D eigenvalue weighted by Crippen LogP contribution is 2.46. The zero-order chi connectivity index (χ0) is 33.7. The van der Waals surface area contributed by atoms with Gasteiger partial charge in [-0.05, 0) is 66.2 Å². The number of hydrogen-bond acceptors (Lipinski definition) is 9. The van der Waals surface area contributed by atoms with Crippen molar-refractivity contribution in [3.63, 3.8) is 0 Å². The lowest BCUT2D eigenvalue weighted by molar-refractivity contribution is 0.0158. The second kappa shape index (κ2) is 12.1. The highest BCUT2D eigenvalue weighted by molar-refractivity contribution is 7.23. The van der Waals surface area contributed by atoms with E-state index in [-0.39, 0.29) is 48.4 Å². The second-order valence-electron chi connectivity index (χ2n) is 13.0. The first-order valence-corrected chi connectivity index (χ1v) is 15.7. The Kier molecular flexibility index (Phi) is 8.74. The molecule has 1 fully saturated rings. The maximum atomic E-state index is 16.5. The Morgan fingerprint density at radius 2 is 1.80 bits per heavy atom. The number of benzene rings is 2. The Morgan fingerprint density at radius 3 is 2.43 bits per heavy atom. The van der Waals surface area contributed by atoms with Crippen molar-refractivity contribution in [2.24, 2.45) is 0 Å². The minimum absolute atomic E-state index is 0.00820. The summed E-state index contributed by atoms with van der Waals surface area (Å²) >= 11 is 7.60. The Morgan fingerprint density at radius 1 is 1.11 bits per heavy atom. The van der Waals surface area contributed by atoms with E-state index in [4.69, 9.17) is 21.1 Å². The molecular formula is C32H33ClF2N6O4S. The van der Waals surface area contributed by atoms with Gasteiger partial charge in [0, 0.05) is 42.0 Å². The summed E-state index contributed by atoms with van der Waals surface area (Å²) in [5, 5.41) is 13.1. The third-order valence-electron chi connectivity index (χ3n) is 7.14. The van der Waals surface area contributed by atoms with E-state index in [2.05, 4.69) is 15.3 Å². The summed E-state index contributed by atoms with van der Waals surface area (Å²) in [6.07, 6.45) is 0.0154. The van der Waals surface area contributed by atoms with Crippen molar-refractivity contribution >= 4 is 66.9 Å². The Hall–Kier alpha value is -4.28. The van der Waals surface area contributed by atoms with E-state index in [0.717, 1.165) is 17.4 Å². The summed E-state index contributed by atoms with van der Waals surface area (Å²) in [5.41, 5.74) is -1.45. The molecule has 242 valence electrons. The van der Waals surface area contributed by atoms with Crippen LogP contribution in [0, 0.1) is 23.0 Å². The van der Waals surface area contributed by atoms with Crippen LogP contribution < -0.4 is 10.2 Å². The number of nitrogens with one attached hydrogen (secondary N) is 1. The average Bonchev–Trinajstić information content (AvgIpc) is 3.30. The molecule has 2 aromatic carbocycles. The number of piperazine rings is 1. The molecule has 0 unspecified atom stereocenters. The predicted molar refractivity (Wildman–Crippen MR) is 174 cm³/mol. The first-order chi connectivity index (χ1) is 21.5. The number of fused-ring (bicyclic) bond motifs is 2. The molecule has 0 bridgehead atoms. The molecular weight excluding hydrogens is 638 g/mol. The number of nitriles is 1. The number of halogens is 3. The molecule has 10 nitrogen and oxygen atoms in total. The van der Waals surface area contributed by atoms with Gasteiger partial charge in [-0.15, -0.1) is 11.3 Å². The smallest absolute Gasteiger partial charge is 0.412 e. The lowest BCUT2D eigenvalue weighted by Gasteiger charge is -2.40. The van der Waals surface area contributed by atoms with Gasteiger partial charge in [0.25, 0.3) is 0 Å². The third kappa shape index (κ3) is 6.50. The van der Waals surface area contributed by atoms with E-state index in [1.165, 1.54) is 12.4 Å². The first-order valence-electron chi connectivity index (χ1n) is 14.5. The van der Waals surface area contributed by atoms with Gasteiger partial charge in [0.1, 0.15) is 45.8 Å². The minimum Gasteiger partial charge on any atom is -0.444 e. The van der Waals surface area contributed by atoms with Crippen LogP contribution in [0.2, 0.25) is 5.02 Å². The number of nitrogens with zero attached hydrogens (tertiary/aromatic N) is 5. The molecule has 14 heteroatoms. The summed E-state index contributed by atoms with van der Waals surface area (Å²) in [6.45, 7) is 13.5. The SMILES string of the molecule is C[C@H]1CN(c2ncnc3c(F)c(-c4ccc(F)c5sc(NC(=O)OC(C)(C)C)c(C#N)c45)c(Cl)cc23)CCN1C(=O)OC(C)(C)C. The van der Waals surface area contributed by atoms with Gasteiger partial charge in [-0.25, -0.2) is 28.3 Å². The maximum Gasteiger partial charge on any atom is 0.412 e. The molecule has 4 aromatic rings. The fraction of sp³-hybridized carbons (Fsp3) is 0.406. The Balaban J connectivity index is 1.56. The number of thiophene rings is 1. The minimum atomic E-state index is -0.821. The van der Waals surface area contributed by atoms with Crippen molar-refractivity contribution in [3.05, 3.63) is 46.7 Å². The average molecular weight is 671 g/mol. The molecule has 5 rings (SSSR count). The number of carbonyl (C=O) groups excluding carboxylic acids is 2. The largest absolute Gasteiger partial charge is 0.444 e. The van der Waals surface area contributed by atoms with Crippen molar-refractivity contribution in [3.8, 4) is 17.2 Å². The number of hydrogen-bond donors (Lipinski definition) is 1. The predicted octanol–water partition coefficient (Wildman–Crippen LogP) is 8.11. The number of ether oxygens (including phenoxy) is 2.